The number of rotatable bonds is 10. The zero-order valence-corrected chi connectivity index (χ0v) is 25.8. The minimum absolute atomic E-state index is 0.00581. The molecule has 1 N–H and O–H groups in total. The number of benzene rings is 3. The highest BCUT2D eigenvalue weighted by molar-refractivity contribution is 8.00. The largest absolute Gasteiger partial charge is 0.507 e. The van der Waals surface area contributed by atoms with Crippen molar-refractivity contribution in [3.63, 3.8) is 0 Å². The smallest absolute Gasteiger partial charge is 0.301 e. The molecule has 6 rings (SSSR count). The molecule has 1 aromatic heterocycles. The van der Waals surface area contributed by atoms with Gasteiger partial charge in [-0.15, -0.1) is 10.2 Å². The number of halogens is 1. The second-order valence-corrected chi connectivity index (χ2v) is 12.8. The highest BCUT2D eigenvalue weighted by Gasteiger charge is 2.48. The van der Waals surface area contributed by atoms with Gasteiger partial charge in [-0.25, -0.2) is 4.39 Å². The summed E-state index contributed by atoms with van der Waals surface area (Å²) >= 11 is 2.41. The molecule has 1 amide bonds. The van der Waals surface area contributed by atoms with Gasteiger partial charge in [0.25, 0.3) is 5.78 Å². The lowest BCUT2D eigenvalue weighted by atomic mass is 9.94. The number of thioether (sulfide) groups is 1. The van der Waals surface area contributed by atoms with Crippen LogP contribution in [0, 0.1) is 5.82 Å². The zero-order valence-electron chi connectivity index (χ0n) is 24.2. The fourth-order valence-corrected chi connectivity index (χ4v) is 7.15. The number of hydrogen-bond acceptors (Lipinski definition) is 9. The number of ketones is 1. The van der Waals surface area contributed by atoms with E-state index in [0.29, 0.717) is 45.6 Å². The molecule has 0 bridgehead atoms. The van der Waals surface area contributed by atoms with Crippen LogP contribution in [0.2, 0.25) is 0 Å². The molecule has 3 aromatic carbocycles. The maximum Gasteiger partial charge on any atom is 0.301 e. The van der Waals surface area contributed by atoms with Crippen LogP contribution in [-0.4, -0.2) is 39.7 Å². The number of ether oxygens (including phenoxy) is 2. The number of aliphatic hydroxyl groups is 1. The molecule has 0 unspecified atom stereocenters. The van der Waals surface area contributed by atoms with E-state index in [4.69, 9.17) is 9.47 Å². The summed E-state index contributed by atoms with van der Waals surface area (Å²) < 4.78 is 26.4. The predicted molar refractivity (Wildman–Crippen MR) is 168 cm³/mol. The average Bonchev–Trinajstić information content (AvgIpc) is 3.71. The van der Waals surface area contributed by atoms with Crippen molar-refractivity contribution in [3.05, 3.63) is 100 Å². The quantitative estimate of drug-likeness (QED) is 0.0494. The Balaban J connectivity index is 1.39. The van der Waals surface area contributed by atoms with Crippen LogP contribution in [0.1, 0.15) is 55.0 Å². The molecule has 4 aromatic rings. The normalized spacial score (nSPS) is 18.8. The molecular formula is C33H30FN3O5S2. The Morgan fingerprint density at radius 1 is 1.14 bits per heavy atom. The van der Waals surface area contributed by atoms with Crippen molar-refractivity contribution in [1.82, 2.24) is 10.2 Å². The van der Waals surface area contributed by atoms with Crippen molar-refractivity contribution < 1.29 is 28.6 Å². The lowest BCUT2D eigenvalue weighted by Gasteiger charge is -2.23. The molecular weight excluding hydrogens is 602 g/mol. The first-order valence-electron chi connectivity index (χ1n) is 14.4. The minimum Gasteiger partial charge on any atom is -0.507 e. The summed E-state index contributed by atoms with van der Waals surface area (Å²) in [6, 6.07) is 17.9. The molecule has 2 aliphatic heterocycles. The van der Waals surface area contributed by atoms with Crippen LogP contribution in [0.25, 0.3) is 5.76 Å². The van der Waals surface area contributed by atoms with Crippen molar-refractivity contribution in [2.75, 3.05) is 11.5 Å². The van der Waals surface area contributed by atoms with Crippen LogP contribution < -0.4 is 14.4 Å². The number of Topliss-reactive ketones (excluding diaryl/α,β-unsaturated/α-hetero) is 1. The van der Waals surface area contributed by atoms with Gasteiger partial charge >= 0.3 is 5.91 Å². The number of unbranched alkanes of at least 4 members (excludes halogenated alkanes) is 1. The summed E-state index contributed by atoms with van der Waals surface area (Å²) in [4.78, 5) is 28.6. The number of amides is 1. The van der Waals surface area contributed by atoms with Crippen molar-refractivity contribution in [2.45, 2.75) is 55.3 Å². The third-order valence-electron chi connectivity index (χ3n) is 7.47. The highest BCUT2D eigenvalue weighted by atomic mass is 32.2. The van der Waals surface area contributed by atoms with Gasteiger partial charge in [-0.1, -0.05) is 66.8 Å². The van der Waals surface area contributed by atoms with Gasteiger partial charge in [0.15, 0.2) is 4.34 Å². The number of aromatic nitrogens is 2. The van der Waals surface area contributed by atoms with E-state index in [9.17, 15) is 19.1 Å². The van der Waals surface area contributed by atoms with E-state index in [0.717, 1.165) is 35.5 Å². The van der Waals surface area contributed by atoms with Crippen LogP contribution in [0.15, 0.2) is 76.6 Å². The molecule has 0 aliphatic carbocycles. The van der Waals surface area contributed by atoms with Crippen LogP contribution >= 0.6 is 23.1 Å². The molecule has 11 heteroatoms. The molecule has 0 spiro atoms. The number of carbonyl (C=O) groups is 2. The Morgan fingerprint density at radius 3 is 2.80 bits per heavy atom. The first-order valence-corrected chi connectivity index (χ1v) is 16.2. The Kier molecular flexibility index (Phi) is 8.67. The lowest BCUT2D eigenvalue weighted by molar-refractivity contribution is -0.132. The van der Waals surface area contributed by atoms with Crippen molar-refractivity contribution >= 4 is 45.7 Å². The highest BCUT2D eigenvalue weighted by Crippen LogP contribution is 2.45. The van der Waals surface area contributed by atoms with Gasteiger partial charge in [0.2, 0.25) is 5.13 Å². The third-order valence-corrected chi connectivity index (χ3v) is 9.57. The maximum absolute atomic E-state index is 14.2. The van der Waals surface area contributed by atoms with E-state index < -0.39 is 17.7 Å². The third kappa shape index (κ3) is 5.94. The summed E-state index contributed by atoms with van der Waals surface area (Å²) in [5.74, 6) is -0.611. The Hall–Kier alpha value is -4.22. The van der Waals surface area contributed by atoms with Crippen molar-refractivity contribution in [3.8, 4) is 11.5 Å². The summed E-state index contributed by atoms with van der Waals surface area (Å²) in [7, 11) is 0. The van der Waals surface area contributed by atoms with E-state index >= 15 is 0 Å². The van der Waals surface area contributed by atoms with Gasteiger partial charge in [0.05, 0.1) is 18.2 Å². The molecule has 8 nitrogen and oxygen atoms in total. The molecule has 1 saturated heterocycles. The standard InChI is InChI=1S/C33H30FN3O5S2/c1-3-4-14-41-24-10-7-9-20(17-24)28-27(29(38)21-12-13-26-23(16-21)15-19(2)42-26)30(39)31(40)37(28)32-35-36-33(44-32)43-18-22-8-5-6-11-25(22)34/h5-13,16-17,19,28,38H,3-4,14-15,18H2,1-2H3/b29-27+/t19-,28-/m0/s1. The van der Waals surface area contributed by atoms with Crippen LogP contribution in [0.5, 0.6) is 11.5 Å². The number of hydrogen-bond donors (Lipinski definition) is 1. The molecule has 0 saturated carbocycles. The fraction of sp³-hybridized carbons (Fsp3) is 0.273. The van der Waals surface area contributed by atoms with Gasteiger partial charge in [0, 0.05) is 17.7 Å². The molecule has 2 atom stereocenters. The Morgan fingerprint density at radius 2 is 1.98 bits per heavy atom. The summed E-state index contributed by atoms with van der Waals surface area (Å²) in [6.45, 7) is 4.56. The molecule has 2 aliphatic rings. The topological polar surface area (TPSA) is 102 Å². The van der Waals surface area contributed by atoms with Crippen LogP contribution in [0.4, 0.5) is 9.52 Å². The molecule has 226 valence electrons. The molecule has 3 heterocycles. The lowest BCUT2D eigenvalue weighted by Crippen LogP contribution is -2.29. The summed E-state index contributed by atoms with van der Waals surface area (Å²) in [5, 5.41) is 20.3. The number of fused-ring (bicyclic) bond motifs is 1. The number of anilines is 1. The molecule has 1 fully saturated rings. The maximum atomic E-state index is 14.2. The van der Waals surface area contributed by atoms with E-state index in [-0.39, 0.29) is 28.4 Å². The van der Waals surface area contributed by atoms with E-state index in [1.54, 1.807) is 54.6 Å². The summed E-state index contributed by atoms with van der Waals surface area (Å²) in [6.07, 6.45) is 2.52. The van der Waals surface area contributed by atoms with Gasteiger partial charge in [-0.05, 0) is 66.4 Å². The number of aliphatic hydroxyl groups excluding tert-OH is 1. The van der Waals surface area contributed by atoms with Crippen LogP contribution in [-0.2, 0) is 21.8 Å². The van der Waals surface area contributed by atoms with Gasteiger partial charge in [-0.3, -0.25) is 14.5 Å². The predicted octanol–water partition coefficient (Wildman–Crippen LogP) is 7.10. The van der Waals surface area contributed by atoms with Crippen molar-refractivity contribution in [1.29, 1.82) is 0 Å². The van der Waals surface area contributed by atoms with E-state index in [2.05, 4.69) is 17.1 Å². The van der Waals surface area contributed by atoms with Gasteiger partial charge < -0.3 is 14.6 Å². The Bertz CT molecular complexity index is 1760. The SMILES string of the molecule is CCCCOc1cccc([C@H]2/C(=C(\O)c3ccc4c(c3)C[C@H](C)O4)C(=O)C(=O)N2c2nnc(SCc3ccccc3F)s2)c1. The van der Waals surface area contributed by atoms with Crippen LogP contribution in [0.3, 0.4) is 0 Å². The monoisotopic (exact) mass is 631 g/mol. The zero-order chi connectivity index (χ0) is 30.8. The number of nitrogens with zero attached hydrogens (tertiary/aromatic N) is 3. The van der Waals surface area contributed by atoms with E-state index in [1.165, 1.54) is 22.7 Å². The van der Waals surface area contributed by atoms with Gasteiger partial charge in [-0.2, -0.15) is 0 Å². The Labute approximate surface area is 262 Å². The van der Waals surface area contributed by atoms with Gasteiger partial charge in [0.1, 0.15) is 29.2 Å². The minimum atomic E-state index is -0.981. The average molecular weight is 632 g/mol. The second kappa shape index (κ2) is 12.8. The molecule has 44 heavy (non-hydrogen) atoms. The molecule has 0 radical (unpaired) electrons. The second-order valence-electron chi connectivity index (χ2n) is 10.6. The number of carbonyl (C=O) groups excluding carboxylic acids is 2. The first kappa shape index (κ1) is 29.8. The summed E-state index contributed by atoms with van der Waals surface area (Å²) in [5.41, 5.74) is 2.37. The van der Waals surface area contributed by atoms with E-state index in [1.807, 2.05) is 13.0 Å². The first-order chi connectivity index (χ1) is 21.3. The van der Waals surface area contributed by atoms with Crippen molar-refractivity contribution in [2.24, 2.45) is 0 Å². The fourth-order valence-electron chi connectivity index (χ4n) is 5.29.